The molecule has 3 nitrogen and oxygen atoms in total. The smallest absolute Gasteiger partial charge is 0.256 e. The van der Waals surface area contributed by atoms with Crippen molar-refractivity contribution in [3.05, 3.63) is 94.0 Å². The molecule has 0 atom stereocenters. The summed E-state index contributed by atoms with van der Waals surface area (Å²) in [6.07, 6.45) is 0. The number of pyridine rings is 1. The largest absolute Gasteiger partial charge is 0.322 e. The van der Waals surface area contributed by atoms with Crippen LogP contribution in [0.25, 0.3) is 22.2 Å². The Labute approximate surface area is 175 Å². The lowest BCUT2D eigenvalue weighted by Gasteiger charge is -2.16. The molecule has 3 aromatic carbocycles. The predicted octanol–water partition coefficient (Wildman–Crippen LogP) is 6.73. The summed E-state index contributed by atoms with van der Waals surface area (Å²) in [5.74, 6) is -0.153. The van der Waals surface area contributed by atoms with Gasteiger partial charge < -0.3 is 5.32 Å². The van der Waals surface area contributed by atoms with E-state index in [1.165, 1.54) is 0 Å². The van der Waals surface area contributed by atoms with Gasteiger partial charge in [0.2, 0.25) is 0 Å². The second kappa shape index (κ2) is 7.69. The number of aromatic nitrogens is 1. The number of carbonyl (C=O) groups is 1. The lowest BCUT2D eigenvalue weighted by molar-refractivity contribution is 0.102. The lowest BCUT2D eigenvalue weighted by Crippen LogP contribution is -2.15. The fourth-order valence-corrected chi connectivity index (χ4v) is 3.84. The summed E-state index contributed by atoms with van der Waals surface area (Å²) in [7, 11) is 0. The second-order valence-corrected chi connectivity index (χ2v) is 7.70. The third kappa shape index (κ3) is 3.74. The first-order valence-electron chi connectivity index (χ1n) is 9.48. The Kier molecular flexibility index (Phi) is 5.08. The van der Waals surface area contributed by atoms with Gasteiger partial charge in [-0.3, -0.25) is 4.79 Å². The molecule has 29 heavy (non-hydrogen) atoms. The molecule has 144 valence electrons. The molecule has 1 N–H and O–H groups in total. The molecule has 1 aromatic heterocycles. The molecule has 1 amide bonds. The molecule has 0 unspecified atom stereocenters. The normalized spacial score (nSPS) is 10.9. The average Bonchev–Trinajstić information content (AvgIpc) is 2.70. The molecular formula is C25H21ClN2O. The van der Waals surface area contributed by atoms with Crippen LogP contribution in [0.15, 0.2) is 66.7 Å². The van der Waals surface area contributed by atoms with Gasteiger partial charge in [0.1, 0.15) is 0 Å². The quantitative estimate of drug-likeness (QED) is 0.414. The van der Waals surface area contributed by atoms with Crippen molar-refractivity contribution in [1.29, 1.82) is 0 Å². The van der Waals surface area contributed by atoms with Gasteiger partial charge in [-0.15, -0.1) is 0 Å². The van der Waals surface area contributed by atoms with E-state index in [2.05, 4.69) is 11.4 Å². The number of carbonyl (C=O) groups excluding carboxylic acids is 1. The minimum Gasteiger partial charge on any atom is -0.322 e. The number of rotatable bonds is 3. The van der Waals surface area contributed by atoms with E-state index < -0.39 is 0 Å². The van der Waals surface area contributed by atoms with Crippen molar-refractivity contribution in [1.82, 2.24) is 4.98 Å². The van der Waals surface area contributed by atoms with Crippen molar-refractivity contribution < 1.29 is 4.79 Å². The molecule has 0 saturated heterocycles. The number of aryl methyl sites for hydroxylation is 2. The van der Waals surface area contributed by atoms with E-state index in [9.17, 15) is 4.79 Å². The van der Waals surface area contributed by atoms with Crippen LogP contribution in [0.5, 0.6) is 0 Å². The van der Waals surface area contributed by atoms with Gasteiger partial charge in [-0.2, -0.15) is 0 Å². The van der Waals surface area contributed by atoms with Crippen molar-refractivity contribution in [3.63, 3.8) is 0 Å². The molecule has 1 heterocycles. The van der Waals surface area contributed by atoms with Crippen LogP contribution in [0, 0.1) is 20.8 Å². The zero-order chi connectivity index (χ0) is 20.5. The molecule has 0 aliphatic heterocycles. The summed E-state index contributed by atoms with van der Waals surface area (Å²) in [4.78, 5) is 18.3. The molecule has 4 aromatic rings. The first-order valence-corrected chi connectivity index (χ1v) is 9.86. The first kappa shape index (κ1) is 19.2. The van der Waals surface area contributed by atoms with Gasteiger partial charge in [0.15, 0.2) is 0 Å². The van der Waals surface area contributed by atoms with E-state index in [0.717, 1.165) is 38.9 Å². The van der Waals surface area contributed by atoms with Crippen LogP contribution in [0.4, 0.5) is 5.69 Å². The van der Waals surface area contributed by atoms with Crippen LogP contribution in [0.2, 0.25) is 5.02 Å². The van der Waals surface area contributed by atoms with E-state index in [1.807, 2.05) is 57.2 Å². The first-order chi connectivity index (χ1) is 13.9. The van der Waals surface area contributed by atoms with Gasteiger partial charge in [-0.25, -0.2) is 4.98 Å². The van der Waals surface area contributed by atoms with Gasteiger partial charge in [0, 0.05) is 21.7 Å². The molecule has 0 fully saturated rings. The number of nitrogens with zero attached hydrogens (tertiary/aromatic N) is 1. The number of anilines is 1. The number of hydrogen-bond acceptors (Lipinski definition) is 2. The Morgan fingerprint density at radius 3 is 2.31 bits per heavy atom. The Morgan fingerprint density at radius 2 is 1.62 bits per heavy atom. The zero-order valence-corrected chi connectivity index (χ0v) is 17.3. The van der Waals surface area contributed by atoms with Crippen molar-refractivity contribution in [2.45, 2.75) is 20.8 Å². The fraction of sp³-hybridized carbons (Fsp3) is 0.120. The highest BCUT2D eigenvalue weighted by Crippen LogP contribution is 2.32. The van der Waals surface area contributed by atoms with Crippen LogP contribution in [0.3, 0.4) is 0 Å². The topological polar surface area (TPSA) is 42.0 Å². The summed E-state index contributed by atoms with van der Waals surface area (Å²) < 4.78 is 0. The van der Waals surface area contributed by atoms with Gasteiger partial charge in [-0.1, -0.05) is 53.6 Å². The highest BCUT2D eigenvalue weighted by molar-refractivity contribution is 6.30. The number of hydrogen-bond donors (Lipinski definition) is 1. The fourth-order valence-electron chi connectivity index (χ4n) is 3.71. The maximum absolute atomic E-state index is 13.4. The zero-order valence-electron chi connectivity index (χ0n) is 16.6. The lowest BCUT2D eigenvalue weighted by atomic mass is 9.94. The molecule has 0 aliphatic rings. The number of fused-ring (bicyclic) bond motifs is 1. The standard InChI is InChI=1S/C25H21ClN2O/c1-15-13-16(2)23-21(14-15)22(25(29)27-20-11-9-19(26)10-12-20)17(3)24(28-23)18-7-5-4-6-8-18/h4-14H,1-3H3,(H,27,29). The number of amides is 1. The van der Waals surface area contributed by atoms with E-state index in [-0.39, 0.29) is 5.91 Å². The van der Waals surface area contributed by atoms with E-state index in [4.69, 9.17) is 16.6 Å². The van der Waals surface area contributed by atoms with Crippen LogP contribution in [-0.4, -0.2) is 10.9 Å². The highest BCUT2D eigenvalue weighted by atomic mass is 35.5. The van der Waals surface area contributed by atoms with Crippen molar-refractivity contribution in [2.24, 2.45) is 0 Å². The molecule has 0 saturated carbocycles. The van der Waals surface area contributed by atoms with Gasteiger partial charge in [-0.05, 0) is 62.2 Å². The van der Waals surface area contributed by atoms with Crippen LogP contribution < -0.4 is 5.32 Å². The van der Waals surface area contributed by atoms with E-state index in [0.29, 0.717) is 16.3 Å². The van der Waals surface area contributed by atoms with Crippen molar-refractivity contribution >= 4 is 34.1 Å². The van der Waals surface area contributed by atoms with Crippen molar-refractivity contribution in [3.8, 4) is 11.3 Å². The Hall–Kier alpha value is -3.17. The van der Waals surface area contributed by atoms with Crippen LogP contribution in [0.1, 0.15) is 27.0 Å². The molecule has 0 aliphatic carbocycles. The van der Waals surface area contributed by atoms with E-state index in [1.54, 1.807) is 24.3 Å². The summed E-state index contributed by atoms with van der Waals surface area (Å²) in [6, 6.07) is 21.2. The maximum atomic E-state index is 13.4. The molecule has 0 bridgehead atoms. The SMILES string of the molecule is Cc1cc(C)c2nc(-c3ccccc3)c(C)c(C(=O)Nc3ccc(Cl)cc3)c2c1. The predicted molar refractivity (Wildman–Crippen MR) is 121 cm³/mol. The van der Waals surface area contributed by atoms with Crippen LogP contribution >= 0.6 is 11.6 Å². The van der Waals surface area contributed by atoms with Gasteiger partial charge in [0.25, 0.3) is 5.91 Å². The minimum atomic E-state index is -0.153. The Morgan fingerprint density at radius 1 is 0.931 bits per heavy atom. The number of halogens is 1. The maximum Gasteiger partial charge on any atom is 0.256 e. The van der Waals surface area contributed by atoms with Crippen molar-refractivity contribution in [2.75, 3.05) is 5.32 Å². The monoisotopic (exact) mass is 400 g/mol. The molecular weight excluding hydrogens is 380 g/mol. The van der Waals surface area contributed by atoms with Gasteiger partial charge in [0.05, 0.1) is 16.8 Å². The third-order valence-corrected chi connectivity index (χ3v) is 5.30. The van der Waals surface area contributed by atoms with E-state index >= 15 is 0 Å². The highest BCUT2D eigenvalue weighted by Gasteiger charge is 2.20. The van der Waals surface area contributed by atoms with Gasteiger partial charge >= 0.3 is 0 Å². The summed E-state index contributed by atoms with van der Waals surface area (Å²) in [5, 5.41) is 4.51. The summed E-state index contributed by atoms with van der Waals surface area (Å²) in [6.45, 7) is 6.03. The number of nitrogens with one attached hydrogen (secondary N) is 1. The summed E-state index contributed by atoms with van der Waals surface area (Å²) >= 11 is 5.97. The molecule has 4 heteroatoms. The Bertz CT molecular complexity index is 1220. The molecule has 0 radical (unpaired) electrons. The molecule has 0 spiro atoms. The third-order valence-electron chi connectivity index (χ3n) is 5.04. The summed E-state index contributed by atoms with van der Waals surface area (Å²) in [5.41, 5.74) is 7.03. The minimum absolute atomic E-state index is 0.153. The van der Waals surface area contributed by atoms with Crippen LogP contribution in [-0.2, 0) is 0 Å². The molecule has 4 rings (SSSR count). The second-order valence-electron chi connectivity index (χ2n) is 7.27. The Balaban J connectivity index is 1.94. The average molecular weight is 401 g/mol. The number of benzene rings is 3.